The standard InChI is InChI=1S/C19H26O2/c1-11-10-19(2)16(7-8-17(19)21)15-5-3-12-9-13(20)4-6-14(12)18(11)15/h9,14-18,21H,1,3-8,10H2,2H3/t14-,15-,16-,17-,18+,19-/m0/s1. The van der Waals surface area contributed by atoms with Crippen molar-refractivity contribution in [3.8, 4) is 0 Å². The lowest BCUT2D eigenvalue weighted by Crippen LogP contribution is -2.48. The first-order valence-corrected chi connectivity index (χ1v) is 8.60. The van der Waals surface area contributed by atoms with E-state index in [1.165, 1.54) is 24.0 Å². The van der Waals surface area contributed by atoms with E-state index >= 15 is 0 Å². The van der Waals surface area contributed by atoms with Crippen LogP contribution in [0.5, 0.6) is 0 Å². The molecule has 0 amide bonds. The predicted octanol–water partition coefficient (Wildman–Crippen LogP) is 3.66. The fourth-order valence-electron chi connectivity index (χ4n) is 6.19. The van der Waals surface area contributed by atoms with Crippen LogP contribution >= 0.6 is 0 Å². The van der Waals surface area contributed by atoms with E-state index in [-0.39, 0.29) is 11.5 Å². The van der Waals surface area contributed by atoms with Crippen LogP contribution in [0.3, 0.4) is 0 Å². The van der Waals surface area contributed by atoms with Crippen molar-refractivity contribution in [3.63, 3.8) is 0 Å². The Kier molecular flexibility index (Phi) is 2.98. The summed E-state index contributed by atoms with van der Waals surface area (Å²) in [6, 6.07) is 0. The maximum Gasteiger partial charge on any atom is 0.155 e. The number of carbonyl (C=O) groups is 1. The van der Waals surface area contributed by atoms with E-state index in [0.717, 1.165) is 32.1 Å². The second-order valence-corrected chi connectivity index (χ2v) is 8.10. The van der Waals surface area contributed by atoms with E-state index in [0.29, 0.717) is 29.5 Å². The molecule has 0 aromatic carbocycles. The molecule has 0 unspecified atom stereocenters. The molecule has 3 fully saturated rings. The molecule has 4 rings (SSSR count). The van der Waals surface area contributed by atoms with Gasteiger partial charge in [0.15, 0.2) is 5.78 Å². The van der Waals surface area contributed by atoms with Gasteiger partial charge in [0.2, 0.25) is 0 Å². The number of hydrogen-bond donors (Lipinski definition) is 1. The molecule has 1 N–H and O–H groups in total. The zero-order valence-electron chi connectivity index (χ0n) is 13.0. The third kappa shape index (κ3) is 1.84. The van der Waals surface area contributed by atoms with Gasteiger partial charge in [-0.1, -0.05) is 24.6 Å². The van der Waals surface area contributed by atoms with Crippen molar-refractivity contribution in [1.29, 1.82) is 0 Å². The summed E-state index contributed by atoms with van der Waals surface area (Å²) < 4.78 is 0. The second kappa shape index (κ2) is 4.55. The summed E-state index contributed by atoms with van der Waals surface area (Å²) in [6.45, 7) is 6.71. The highest BCUT2D eigenvalue weighted by Gasteiger charge is 2.57. The van der Waals surface area contributed by atoms with E-state index < -0.39 is 0 Å². The van der Waals surface area contributed by atoms with Crippen molar-refractivity contribution in [1.82, 2.24) is 0 Å². The quantitative estimate of drug-likeness (QED) is 0.690. The topological polar surface area (TPSA) is 37.3 Å². The van der Waals surface area contributed by atoms with Gasteiger partial charge < -0.3 is 5.11 Å². The summed E-state index contributed by atoms with van der Waals surface area (Å²) in [4.78, 5) is 11.7. The van der Waals surface area contributed by atoms with Gasteiger partial charge in [0, 0.05) is 11.8 Å². The molecule has 0 radical (unpaired) electrons. The van der Waals surface area contributed by atoms with Crippen LogP contribution in [0.15, 0.2) is 23.8 Å². The SMILES string of the molecule is C=C1C[C@]2(C)[C@@H](O)CC[C@H]2[C@@H]2CCC3=CC(=O)CC[C@@H]3[C@@H]12. The third-order valence-corrected chi connectivity index (χ3v) is 7.14. The molecule has 0 saturated heterocycles. The van der Waals surface area contributed by atoms with Crippen LogP contribution in [-0.2, 0) is 4.79 Å². The average molecular weight is 286 g/mol. The van der Waals surface area contributed by atoms with Crippen LogP contribution in [0.25, 0.3) is 0 Å². The van der Waals surface area contributed by atoms with E-state index in [1.807, 2.05) is 6.08 Å². The van der Waals surface area contributed by atoms with Gasteiger partial charge in [-0.05, 0) is 68.3 Å². The van der Waals surface area contributed by atoms with Gasteiger partial charge in [-0.15, -0.1) is 0 Å². The number of aliphatic hydroxyl groups is 1. The summed E-state index contributed by atoms with van der Waals surface area (Å²) >= 11 is 0. The summed E-state index contributed by atoms with van der Waals surface area (Å²) in [7, 11) is 0. The molecule has 4 aliphatic rings. The Hall–Kier alpha value is -0.890. The fourth-order valence-corrected chi connectivity index (χ4v) is 6.19. The zero-order chi connectivity index (χ0) is 14.8. The van der Waals surface area contributed by atoms with E-state index in [9.17, 15) is 9.90 Å². The number of rotatable bonds is 0. The van der Waals surface area contributed by atoms with Crippen molar-refractivity contribution in [2.24, 2.45) is 29.1 Å². The highest BCUT2D eigenvalue weighted by molar-refractivity contribution is 5.91. The Morgan fingerprint density at radius 1 is 1.24 bits per heavy atom. The molecule has 6 atom stereocenters. The molecule has 0 heterocycles. The number of hydrogen-bond acceptors (Lipinski definition) is 2. The van der Waals surface area contributed by atoms with E-state index in [2.05, 4.69) is 13.5 Å². The van der Waals surface area contributed by atoms with Crippen LogP contribution < -0.4 is 0 Å². The largest absolute Gasteiger partial charge is 0.393 e. The van der Waals surface area contributed by atoms with Crippen LogP contribution in [0.2, 0.25) is 0 Å². The fraction of sp³-hybridized carbons (Fsp3) is 0.737. The van der Waals surface area contributed by atoms with Crippen molar-refractivity contribution in [3.05, 3.63) is 23.8 Å². The maximum absolute atomic E-state index is 11.7. The van der Waals surface area contributed by atoms with E-state index in [1.54, 1.807) is 0 Å². The molecule has 21 heavy (non-hydrogen) atoms. The number of allylic oxidation sites excluding steroid dienone is 2. The Bertz CT molecular complexity index is 532. The Morgan fingerprint density at radius 3 is 2.86 bits per heavy atom. The third-order valence-electron chi connectivity index (χ3n) is 7.14. The van der Waals surface area contributed by atoms with E-state index in [4.69, 9.17) is 0 Å². The van der Waals surface area contributed by atoms with Gasteiger partial charge in [-0.25, -0.2) is 0 Å². The predicted molar refractivity (Wildman–Crippen MR) is 82.6 cm³/mol. The molecular weight excluding hydrogens is 260 g/mol. The van der Waals surface area contributed by atoms with Gasteiger partial charge in [0.1, 0.15) is 0 Å². The zero-order valence-corrected chi connectivity index (χ0v) is 13.0. The summed E-state index contributed by atoms with van der Waals surface area (Å²) in [5.74, 6) is 2.80. The summed E-state index contributed by atoms with van der Waals surface area (Å²) in [5.41, 5.74) is 2.81. The first kappa shape index (κ1) is 13.8. The average Bonchev–Trinajstić information content (AvgIpc) is 2.74. The van der Waals surface area contributed by atoms with Crippen LogP contribution in [0, 0.1) is 29.1 Å². The molecular formula is C19H26O2. The molecule has 4 aliphatic carbocycles. The van der Waals surface area contributed by atoms with Crippen LogP contribution in [0.1, 0.15) is 51.9 Å². The lowest BCUT2D eigenvalue weighted by molar-refractivity contribution is -0.115. The molecule has 2 heteroatoms. The molecule has 0 bridgehead atoms. The minimum absolute atomic E-state index is 0.0595. The van der Waals surface area contributed by atoms with Gasteiger partial charge in [0.05, 0.1) is 6.10 Å². The smallest absolute Gasteiger partial charge is 0.155 e. The van der Waals surface area contributed by atoms with Crippen molar-refractivity contribution in [2.75, 3.05) is 0 Å². The molecule has 2 nitrogen and oxygen atoms in total. The highest BCUT2D eigenvalue weighted by atomic mass is 16.3. The summed E-state index contributed by atoms with van der Waals surface area (Å²) in [6.07, 6.45) is 8.93. The van der Waals surface area contributed by atoms with Crippen molar-refractivity contribution in [2.45, 2.75) is 58.0 Å². The molecule has 114 valence electrons. The minimum Gasteiger partial charge on any atom is -0.393 e. The summed E-state index contributed by atoms with van der Waals surface area (Å²) in [5, 5.41) is 10.5. The maximum atomic E-state index is 11.7. The van der Waals surface area contributed by atoms with Gasteiger partial charge in [-0.3, -0.25) is 4.79 Å². The lowest BCUT2D eigenvalue weighted by Gasteiger charge is -2.54. The molecule has 0 aromatic rings. The second-order valence-electron chi connectivity index (χ2n) is 8.10. The number of ketones is 1. The number of aliphatic hydroxyl groups excluding tert-OH is 1. The monoisotopic (exact) mass is 286 g/mol. The van der Waals surface area contributed by atoms with Gasteiger partial charge >= 0.3 is 0 Å². The van der Waals surface area contributed by atoms with Crippen LogP contribution in [0.4, 0.5) is 0 Å². The molecule has 0 aliphatic heterocycles. The minimum atomic E-state index is -0.148. The van der Waals surface area contributed by atoms with Crippen molar-refractivity contribution < 1.29 is 9.90 Å². The molecule has 0 aromatic heterocycles. The first-order chi connectivity index (χ1) is 10.0. The highest BCUT2D eigenvalue weighted by Crippen LogP contribution is 2.62. The van der Waals surface area contributed by atoms with Crippen LogP contribution in [-0.4, -0.2) is 17.0 Å². The Labute approximate surface area is 127 Å². The Balaban J connectivity index is 1.70. The normalized spacial score (nSPS) is 49.2. The molecule has 3 saturated carbocycles. The molecule has 0 spiro atoms. The lowest BCUT2D eigenvalue weighted by atomic mass is 9.51. The Morgan fingerprint density at radius 2 is 2.05 bits per heavy atom. The van der Waals surface area contributed by atoms with Crippen molar-refractivity contribution >= 4 is 5.78 Å². The van der Waals surface area contributed by atoms with Gasteiger partial charge in [0.25, 0.3) is 0 Å². The first-order valence-electron chi connectivity index (χ1n) is 8.60. The number of fused-ring (bicyclic) bond motifs is 5. The number of carbonyl (C=O) groups excluding carboxylic acids is 1. The van der Waals surface area contributed by atoms with Gasteiger partial charge in [-0.2, -0.15) is 0 Å².